The summed E-state index contributed by atoms with van der Waals surface area (Å²) in [5, 5.41) is 5.95. The van der Waals surface area contributed by atoms with Crippen LogP contribution in [0.4, 0.5) is 0 Å². The lowest BCUT2D eigenvalue weighted by molar-refractivity contribution is 0.120. The van der Waals surface area contributed by atoms with Gasteiger partial charge in [-0.3, -0.25) is 0 Å². The molecule has 0 saturated heterocycles. The van der Waals surface area contributed by atoms with E-state index < -0.39 is 0 Å². The second-order valence-electron chi connectivity index (χ2n) is 8.17. The molecule has 4 rings (SSSR count). The van der Waals surface area contributed by atoms with Gasteiger partial charge < -0.3 is 9.15 Å². The van der Waals surface area contributed by atoms with E-state index in [0.717, 1.165) is 63.4 Å². The molecule has 0 amide bonds. The molecule has 4 aromatic rings. The summed E-state index contributed by atoms with van der Waals surface area (Å²) in [7, 11) is 1.72. The third kappa shape index (κ3) is 3.12. The molecule has 0 saturated carbocycles. The van der Waals surface area contributed by atoms with Crippen molar-refractivity contribution in [1.29, 1.82) is 0 Å². The Morgan fingerprint density at radius 2 is 1.83 bits per heavy atom. The molecule has 3 heterocycles. The largest absolute Gasteiger partial charge is 0.460 e. The number of hydrogen-bond donors (Lipinski definition) is 0. The molecule has 0 radical (unpaired) electrons. The van der Waals surface area contributed by atoms with E-state index in [2.05, 4.69) is 52.0 Å². The summed E-state index contributed by atoms with van der Waals surface area (Å²) in [6, 6.07) is 8.45. The molecule has 5 heteroatoms. The molecule has 30 heavy (non-hydrogen) atoms. The summed E-state index contributed by atoms with van der Waals surface area (Å²) >= 11 is 0. The predicted molar refractivity (Wildman–Crippen MR) is 121 cm³/mol. The van der Waals surface area contributed by atoms with Crippen molar-refractivity contribution < 1.29 is 9.15 Å². The van der Waals surface area contributed by atoms with Crippen molar-refractivity contribution in [2.75, 3.05) is 7.11 Å². The van der Waals surface area contributed by atoms with Crippen LogP contribution in [0.3, 0.4) is 0 Å². The molecule has 0 spiro atoms. The van der Waals surface area contributed by atoms with E-state index in [9.17, 15) is 0 Å². The van der Waals surface area contributed by atoms with Crippen molar-refractivity contribution in [2.45, 2.75) is 66.4 Å². The highest BCUT2D eigenvalue weighted by Gasteiger charge is 2.25. The van der Waals surface area contributed by atoms with Crippen molar-refractivity contribution in [1.82, 2.24) is 14.6 Å². The van der Waals surface area contributed by atoms with E-state index in [1.807, 2.05) is 18.4 Å². The number of nitrogens with zero attached hydrogens (tertiary/aromatic N) is 3. The normalized spacial score (nSPS) is 13.1. The lowest BCUT2D eigenvalue weighted by Gasteiger charge is -2.14. The van der Waals surface area contributed by atoms with Crippen molar-refractivity contribution in [3.63, 3.8) is 0 Å². The summed E-state index contributed by atoms with van der Waals surface area (Å²) in [4.78, 5) is 4.98. The average Bonchev–Trinajstić information content (AvgIpc) is 3.23. The number of fused-ring (bicyclic) bond motifs is 2. The first kappa shape index (κ1) is 20.6. The van der Waals surface area contributed by atoms with Gasteiger partial charge in [-0.05, 0) is 52.5 Å². The molecule has 0 aliphatic rings. The Bertz CT molecular complexity index is 1210. The Morgan fingerprint density at radius 3 is 2.50 bits per heavy atom. The lowest BCUT2D eigenvalue weighted by Crippen LogP contribution is -2.05. The number of ether oxygens (including phenoxy) is 1. The molecule has 5 nitrogen and oxygen atoms in total. The SMILES string of the molecule is CCC(CC)c1cc(C)nn2c(-c3c(C)oc4c(C(C)OC)cccc34)c(C)nc12. The van der Waals surface area contributed by atoms with Gasteiger partial charge in [0, 0.05) is 23.6 Å². The van der Waals surface area contributed by atoms with Gasteiger partial charge in [-0.15, -0.1) is 0 Å². The molecule has 3 aromatic heterocycles. The van der Waals surface area contributed by atoms with Crippen LogP contribution in [0.25, 0.3) is 27.9 Å². The number of methoxy groups -OCH3 is 1. The summed E-state index contributed by atoms with van der Waals surface area (Å²) < 4.78 is 13.9. The van der Waals surface area contributed by atoms with Crippen LogP contribution in [0.1, 0.15) is 73.9 Å². The van der Waals surface area contributed by atoms with Crippen molar-refractivity contribution >= 4 is 16.6 Å². The molecule has 0 bridgehead atoms. The molecule has 1 aromatic carbocycles. The van der Waals surface area contributed by atoms with E-state index >= 15 is 0 Å². The minimum Gasteiger partial charge on any atom is -0.460 e. The van der Waals surface area contributed by atoms with Gasteiger partial charge in [-0.1, -0.05) is 32.0 Å². The number of furan rings is 1. The second-order valence-corrected chi connectivity index (χ2v) is 8.17. The first-order chi connectivity index (χ1) is 14.4. The monoisotopic (exact) mass is 405 g/mol. The van der Waals surface area contributed by atoms with Gasteiger partial charge in [0.15, 0.2) is 5.65 Å². The van der Waals surface area contributed by atoms with Gasteiger partial charge in [0.2, 0.25) is 0 Å². The number of imidazole rings is 1. The molecular weight excluding hydrogens is 374 g/mol. The second kappa shape index (κ2) is 7.88. The summed E-state index contributed by atoms with van der Waals surface area (Å²) in [5.41, 5.74) is 8.21. The maximum Gasteiger partial charge on any atom is 0.157 e. The molecule has 0 N–H and O–H groups in total. The third-order valence-electron chi connectivity index (χ3n) is 6.28. The molecule has 0 fully saturated rings. The van der Waals surface area contributed by atoms with E-state index in [-0.39, 0.29) is 6.10 Å². The van der Waals surface area contributed by atoms with Gasteiger partial charge in [0.25, 0.3) is 0 Å². The topological polar surface area (TPSA) is 52.6 Å². The number of aryl methyl sites for hydroxylation is 3. The molecule has 158 valence electrons. The van der Waals surface area contributed by atoms with Crippen LogP contribution in [-0.4, -0.2) is 21.7 Å². The zero-order valence-electron chi connectivity index (χ0n) is 19.0. The highest BCUT2D eigenvalue weighted by molar-refractivity contribution is 5.97. The van der Waals surface area contributed by atoms with Crippen LogP contribution in [0.15, 0.2) is 28.7 Å². The first-order valence-corrected chi connectivity index (χ1v) is 10.8. The fourth-order valence-corrected chi connectivity index (χ4v) is 4.60. The van der Waals surface area contributed by atoms with Crippen molar-refractivity contribution in [3.8, 4) is 11.3 Å². The maximum absolute atomic E-state index is 6.28. The van der Waals surface area contributed by atoms with Gasteiger partial charge in [0.1, 0.15) is 11.3 Å². The maximum atomic E-state index is 6.28. The van der Waals surface area contributed by atoms with Gasteiger partial charge in [0.05, 0.1) is 28.7 Å². The molecule has 0 aliphatic carbocycles. The highest BCUT2D eigenvalue weighted by atomic mass is 16.5. The number of benzene rings is 1. The zero-order chi connectivity index (χ0) is 21.6. The molecule has 0 aliphatic heterocycles. The smallest absolute Gasteiger partial charge is 0.157 e. The van der Waals surface area contributed by atoms with E-state index in [1.165, 1.54) is 5.56 Å². The van der Waals surface area contributed by atoms with Crippen molar-refractivity contribution in [2.24, 2.45) is 0 Å². The number of hydrogen-bond acceptors (Lipinski definition) is 4. The van der Waals surface area contributed by atoms with Crippen LogP contribution < -0.4 is 0 Å². The van der Waals surface area contributed by atoms with Crippen LogP contribution in [0.5, 0.6) is 0 Å². The van der Waals surface area contributed by atoms with Crippen molar-refractivity contribution in [3.05, 3.63) is 52.5 Å². The Hall–Kier alpha value is -2.66. The van der Waals surface area contributed by atoms with Gasteiger partial charge in [-0.2, -0.15) is 5.10 Å². The third-order valence-corrected chi connectivity index (χ3v) is 6.28. The van der Waals surface area contributed by atoms with Crippen LogP contribution in [-0.2, 0) is 4.74 Å². The van der Waals surface area contributed by atoms with E-state index in [1.54, 1.807) is 7.11 Å². The minimum atomic E-state index is -0.0442. The Labute approximate surface area is 178 Å². The first-order valence-electron chi connectivity index (χ1n) is 10.8. The summed E-state index contributed by atoms with van der Waals surface area (Å²) in [5.74, 6) is 1.35. The number of rotatable bonds is 6. The van der Waals surface area contributed by atoms with Crippen LogP contribution in [0, 0.1) is 20.8 Å². The molecule has 1 unspecified atom stereocenters. The molecular formula is C25H31N3O2. The fourth-order valence-electron chi connectivity index (χ4n) is 4.60. The standard InChI is InChI=1S/C25H31N3O2/c1-8-18(9-2)21-13-14(3)27-28-23(15(4)26-25(21)28)22-17(6)30-24-19(16(5)29-7)11-10-12-20(22)24/h10-13,16,18H,8-9H2,1-7H3. The minimum absolute atomic E-state index is 0.0442. The van der Waals surface area contributed by atoms with E-state index in [4.69, 9.17) is 19.2 Å². The number of para-hydroxylation sites is 1. The predicted octanol–water partition coefficient (Wildman–Crippen LogP) is 6.68. The number of aromatic nitrogens is 3. The highest BCUT2D eigenvalue weighted by Crippen LogP contribution is 2.40. The average molecular weight is 406 g/mol. The quantitative estimate of drug-likeness (QED) is 0.359. The fraction of sp³-hybridized carbons (Fsp3) is 0.440. The van der Waals surface area contributed by atoms with Crippen LogP contribution in [0.2, 0.25) is 0 Å². The Kier molecular flexibility index (Phi) is 5.41. The van der Waals surface area contributed by atoms with Crippen LogP contribution >= 0.6 is 0 Å². The van der Waals surface area contributed by atoms with Gasteiger partial charge >= 0.3 is 0 Å². The Balaban J connectivity index is 2.05. The van der Waals surface area contributed by atoms with E-state index in [0.29, 0.717) is 5.92 Å². The zero-order valence-corrected chi connectivity index (χ0v) is 19.0. The lowest BCUT2D eigenvalue weighted by atomic mass is 9.95. The summed E-state index contributed by atoms with van der Waals surface area (Å²) in [6.07, 6.45) is 2.13. The summed E-state index contributed by atoms with van der Waals surface area (Å²) in [6.45, 7) is 12.7. The molecule has 1 atom stereocenters. The van der Waals surface area contributed by atoms with Gasteiger partial charge in [-0.25, -0.2) is 9.50 Å². The Morgan fingerprint density at radius 1 is 1.10 bits per heavy atom.